The average Bonchev–Trinajstić information content (AvgIpc) is 2.77. The monoisotopic (exact) mass is 430 g/mol. The van der Waals surface area contributed by atoms with Crippen LogP contribution in [0.5, 0.6) is 0 Å². The van der Waals surface area contributed by atoms with Crippen LogP contribution in [0.25, 0.3) is 0 Å². The Morgan fingerprint density at radius 1 is 1.26 bits per heavy atom. The van der Waals surface area contributed by atoms with Crippen LogP contribution < -0.4 is 0 Å². The van der Waals surface area contributed by atoms with Gasteiger partial charge in [-0.15, -0.1) is 6.58 Å². The van der Waals surface area contributed by atoms with Crippen LogP contribution >= 0.6 is 22.6 Å². The van der Waals surface area contributed by atoms with Gasteiger partial charge in [0.05, 0.1) is 9.53 Å². The summed E-state index contributed by atoms with van der Waals surface area (Å²) in [6, 6.07) is 0. The number of carbonyl (C=O) groups is 1. The second-order valence-corrected chi connectivity index (χ2v) is 10.6. The van der Waals surface area contributed by atoms with Crippen molar-refractivity contribution in [2.75, 3.05) is 7.11 Å². The van der Waals surface area contributed by atoms with Gasteiger partial charge in [0.15, 0.2) is 0 Å². The maximum absolute atomic E-state index is 13.5. The third kappa shape index (κ3) is 2.32. The van der Waals surface area contributed by atoms with E-state index in [1.54, 1.807) is 0 Å². The lowest BCUT2D eigenvalue weighted by Gasteiger charge is -2.51. The molecule has 0 amide bonds. The molecule has 3 fully saturated rings. The zero-order valence-corrected chi connectivity index (χ0v) is 17.2. The molecule has 2 nitrogen and oxygen atoms in total. The standard InChI is InChI=1S/C20H31IO2/c1-6-18(4)11-15-12-20(21)16(23-5)8-10-19(20,9-7-13(15)2)14(3)17(18)22/h6,13-16H,1,7-12H2,2-5H3/t13-,14+,15?,16-,18-,19+,20?/m1/s1. The van der Waals surface area contributed by atoms with Crippen LogP contribution in [0.3, 0.4) is 0 Å². The van der Waals surface area contributed by atoms with Gasteiger partial charge in [-0.2, -0.15) is 0 Å². The zero-order chi connectivity index (χ0) is 17.0. The third-order valence-electron chi connectivity index (χ3n) is 7.81. The Morgan fingerprint density at radius 3 is 2.52 bits per heavy atom. The fourth-order valence-corrected chi connectivity index (χ4v) is 8.20. The molecule has 23 heavy (non-hydrogen) atoms. The van der Waals surface area contributed by atoms with E-state index < -0.39 is 0 Å². The summed E-state index contributed by atoms with van der Waals surface area (Å²) in [5, 5.41) is 0. The molecule has 2 bridgehead atoms. The van der Waals surface area contributed by atoms with Crippen LogP contribution in [-0.2, 0) is 9.53 Å². The summed E-state index contributed by atoms with van der Waals surface area (Å²) in [6.45, 7) is 10.8. The molecule has 3 rings (SSSR count). The molecule has 0 radical (unpaired) electrons. The van der Waals surface area contributed by atoms with Crippen molar-refractivity contribution in [3.63, 3.8) is 0 Å². The van der Waals surface area contributed by atoms with Gasteiger partial charge in [0, 0.05) is 18.4 Å². The minimum absolute atomic E-state index is 0.0915. The molecule has 0 spiro atoms. The lowest BCUT2D eigenvalue weighted by Crippen LogP contribution is -2.55. The first-order valence-electron chi connectivity index (χ1n) is 9.14. The maximum Gasteiger partial charge on any atom is 0.145 e. The fraction of sp³-hybridized carbons (Fsp3) is 0.850. The molecule has 0 aromatic rings. The van der Waals surface area contributed by atoms with Gasteiger partial charge in [-0.05, 0) is 62.7 Å². The van der Waals surface area contributed by atoms with Gasteiger partial charge < -0.3 is 4.74 Å². The number of methoxy groups -OCH3 is 1. The van der Waals surface area contributed by atoms with E-state index in [1.165, 1.54) is 19.3 Å². The summed E-state index contributed by atoms with van der Waals surface area (Å²) in [5.74, 6) is 1.78. The van der Waals surface area contributed by atoms with Crippen LogP contribution in [0, 0.1) is 28.6 Å². The summed E-state index contributed by atoms with van der Waals surface area (Å²) in [4.78, 5) is 13.5. The average molecular weight is 430 g/mol. The normalized spacial score (nSPS) is 53.3. The van der Waals surface area contributed by atoms with E-state index in [4.69, 9.17) is 4.74 Å². The molecular formula is C20H31IO2. The van der Waals surface area contributed by atoms with Crippen LogP contribution in [-0.4, -0.2) is 22.4 Å². The number of rotatable bonds is 2. The molecule has 0 saturated heterocycles. The predicted molar refractivity (Wildman–Crippen MR) is 103 cm³/mol. The number of halogens is 1. The van der Waals surface area contributed by atoms with Crippen molar-refractivity contribution in [2.24, 2.45) is 28.6 Å². The van der Waals surface area contributed by atoms with Gasteiger partial charge in [0.1, 0.15) is 5.78 Å². The van der Waals surface area contributed by atoms with E-state index in [-0.39, 0.29) is 20.2 Å². The van der Waals surface area contributed by atoms with E-state index in [2.05, 4.69) is 49.9 Å². The first kappa shape index (κ1) is 17.9. The number of hydrogen-bond acceptors (Lipinski definition) is 2. The summed E-state index contributed by atoms with van der Waals surface area (Å²) in [6.07, 6.45) is 9.03. The zero-order valence-electron chi connectivity index (χ0n) is 15.0. The Hall–Kier alpha value is 0.100. The number of carbonyl (C=O) groups excluding carboxylic acids is 1. The second-order valence-electron chi connectivity index (χ2n) is 8.67. The van der Waals surface area contributed by atoms with E-state index in [0.29, 0.717) is 23.7 Å². The first-order valence-corrected chi connectivity index (χ1v) is 10.2. The molecule has 3 aliphatic rings. The fourth-order valence-electron chi connectivity index (χ4n) is 6.06. The van der Waals surface area contributed by atoms with Gasteiger partial charge in [-0.3, -0.25) is 4.79 Å². The van der Waals surface area contributed by atoms with Crippen molar-refractivity contribution in [3.05, 3.63) is 12.7 Å². The van der Waals surface area contributed by atoms with Gasteiger partial charge in [0.2, 0.25) is 0 Å². The van der Waals surface area contributed by atoms with E-state index >= 15 is 0 Å². The smallest absolute Gasteiger partial charge is 0.145 e. The molecule has 130 valence electrons. The van der Waals surface area contributed by atoms with Gasteiger partial charge >= 0.3 is 0 Å². The highest BCUT2D eigenvalue weighted by Crippen LogP contribution is 2.67. The van der Waals surface area contributed by atoms with Crippen molar-refractivity contribution in [2.45, 2.75) is 68.8 Å². The van der Waals surface area contributed by atoms with E-state index in [1.807, 2.05) is 13.2 Å². The van der Waals surface area contributed by atoms with Crippen LogP contribution in [0.15, 0.2) is 12.7 Å². The van der Waals surface area contributed by atoms with Crippen LogP contribution in [0.1, 0.15) is 59.3 Å². The van der Waals surface area contributed by atoms with Crippen molar-refractivity contribution >= 4 is 28.4 Å². The number of hydrogen-bond donors (Lipinski definition) is 0. The topological polar surface area (TPSA) is 26.3 Å². The predicted octanol–water partition coefficient (Wildman–Crippen LogP) is 5.19. The number of alkyl halides is 1. The van der Waals surface area contributed by atoms with Crippen molar-refractivity contribution in [3.8, 4) is 0 Å². The Morgan fingerprint density at radius 2 is 1.91 bits per heavy atom. The molecule has 0 aromatic carbocycles. The number of ether oxygens (including phenoxy) is 1. The highest BCUT2D eigenvalue weighted by Gasteiger charge is 2.66. The van der Waals surface area contributed by atoms with E-state index in [0.717, 1.165) is 19.3 Å². The molecule has 0 N–H and O–H groups in total. The van der Waals surface area contributed by atoms with Crippen LogP contribution in [0.2, 0.25) is 0 Å². The van der Waals surface area contributed by atoms with Gasteiger partial charge in [0.25, 0.3) is 0 Å². The summed E-state index contributed by atoms with van der Waals surface area (Å²) >= 11 is 2.71. The second kappa shape index (κ2) is 5.82. The Kier molecular flexibility index (Phi) is 4.54. The number of allylic oxidation sites excluding steroid dienone is 1. The lowest BCUT2D eigenvalue weighted by atomic mass is 9.57. The molecule has 0 aromatic heterocycles. The minimum atomic E-state index is -0.362. The molecule has 0 aliphatic heterocycles. The number of ketones is 1. The molecular weight excluding hydrogens is 399 g/mol. The highest BCUT2D eigenvalue weighted by molar-refractivity contribution is 14.1. The van der Waals surface area contributed by atoms with Crippen molar-refractivity contribution in [1.82, 2.24) is 0 Å². The van der Waals surface area contributed by atoms with Crippen LogP contribution in [0.4, 0.5) is 0 Å². The van der Waals surface area contributed by atoms with Crippen molar-refractivity contribution < 1.29 is 9.53 Å². The highest BCUT2D eigenvalue weighted by atomic mass is 127. The SMILES string of the molecule is C=C[C@]1(C)CC2CC3(I)[C@H](OC)CC[C@@]3(CC[C@H]2C)[C@@H](C)C1=O. The molecule has 2 unspecified atom stereocenters. The summed E-state index contributed by atoms with van der Waals surface area (Å²) in [5.41, 5.74) is -0.266. The maximum atomic E-state index is 13.5. The largest absolute Gasteiger partial charge is 0.380 e. The number of Topliss-reactive ketones (excluding diaryl/α,β-unsaturated/α-hetero) is 1. The minimum Gasteiger partial charge on any atom is -0.380 e. The Labute approximate surface area is 155 Å². The molecule has 7 atom stereocenters. The Bertz CT molecular complexity index is 518. The third-order valence-corrected chi connectivity index (χ3v) is 10.0. The summed E-state index contributed by atoms with van der Waals surface area (Å²) < 4.78 is 6.04. The van der Waals surface area contributed by atoms with Gasteiger partial charge in [-0.1, -0.05) is 42.5 Å². The molecule has 3 saturated carbocycles. The molecule has 3 aliphatic carbocycles. The first-order chi connectivity index (χ1) is 10.7. The Balaban J connectivity index is 2.17. The quantitative estimate of drug-likeness (QED) is 0.342. The lowest BCUT2D eigenvalue weighted by molar-refractivity contribution is -0.137. The van der Waals surface area contributed by atoms with Crippen molar-refractivity contribution in [1.29, 1.82) is 0 Å². The molecule has 0 heterocycles. The van der Waals surface area contributed by atoms with Gasteiger partial charge in [-0.25, -0.2) is 0 Å². The molecule has 3 heteroatoms. The number of fused-ring (bicyclic) bond motifs is 1. The summed E-state index contributed by atoms with van der Waals surface area (Å²) in [7, 11) is 1.86. The van der Waals surface area contributed by atoms with E-state index in [9.17, 15) is 4.79 Å².